The molecule has 0 aliphatic rings. The minimum atomic E-state index is -2.98. The van der Waals surface area contributed by atoms with Crippen LogP contribution in [0.1, 0.15) is 6.92 Å². The topological polar surface area (TPSA) is 69.4 Å². The number of ether oxygens (including phenoxy) is 1. The quantitative estimate of drug-likeness (QED) is 0.565. The predicted octanol–water partition coefficient (Wildman–Crippen LogP) is -0.648. The van der Waals surface area contributed by atoms with Crippen molar-refractivity contribution >= 4 is 9.84 Å². The van der Waals surface area contributed by atoms with E-state index < -0.39 is 16.1 Å². The molecular formula is C5H13NO3S. The summed E-state index contributed by atoms with van der Waals surface area (Å²) in [4.78, 5) is 0. The van der Waals surface area contributed by atoms with Gasteiger partial charge in [-0.25, -0.2) is 8.42 Å². The van der Waals surface area contributed by atoms with Gasteiger partial charge in [0.15, 0.2) is 9.84 Å². The van der Waals surface area contributed by atoms with Crippen LogP contribution in [0, 0.1) is 0 Å². The molecule has 0 aromatic carbocycles. The van der Waals surface area contributed by atoms with Gasteiger partial charge in [-0.15, -0.1) is 0 Å². The standard InChI is InChI=1S/C5H13NO3S/c1-3-10(7,8)4-5(6)9-2/h5H,3-4,6H2,1-2H3. The average Bonchev–Trinajstić information content (AvgIpc) is 1.87. The van der Waals surface area contributed by atoms with Crippen LogP contribution < -0.4 is 5.73 Å². The molecule has 62 valence electrons. The van der Waals surface area contributed by atoms with Crippen molar-refractivity contribution in [2.45, 2.75) is 13.2 Å². The van der Waals surface area contributed by atoms with E-state index in [9.17, 15) is 8.42 Å². The van der Waals surface area contributed by atoms with Crippen molar-refractivity contribution in [3.05, 3.63) is 0 Å². The predicted molar refractivity (Wildman–Crippen MR) is 39.3 cm³/mol. The summed E-state index contributed by atoms with van der Waals surface area (Å²) in [5, 5.41) is 0. The first-order valence-electron chi connectivity index (χ1n) is 3.00. The molecule has 0 aliphatic heterocycles. The number of sulfone groups is 1. The zero-order valence-electron chi connectivity index (χ0n) is 6.20. The molecule has 0 aromatic heterocycles. The van der Waals surface area contributed by atoms with Gasteiger partial charge in [0.05, 0.1) is 5.75 Å². The molecule has 0 radical (unpaired) electrons. The Kier molecular flexibility index (Phi) is 3.85. The van der Waals surface area contributed by atoms with E-state index in [1.165, 1.54) is 7.11 Å². The molecule has 10 heavy (non-hydrogen) atoms. The molecule has 0 saturated carbocycles. The van der Waals surface area contributed by atoms with Crippen LogP contribution in [0.5, 0.6) is 0 Å². The van der Waals surface area contributed by atoms with Gasteiger partial charge in [0.2, 0.25) is 0 Å². The summed E-state index contributed by atoms with van der Waals surface area (Å²) in [6.07, 6.45) is -0.690. The molecule has 0 bridgehead atoms. The largest absolute Gasteiger partial charge is 0.366 e. The highest BCUT2D eigenvalue weighted by Gasteiger charge is 2.12. The Morgan fingerprint density at radius 2 is 2.10 bits per heavy atom. The Morgan fingerprint density at radius 1 is 1.60 bits per heavy atom. The van der Waals surface area contributed by atoms with E-state index in [4.69, 9.17) is 5.73 Å². The van der Waals surface area contributed by atoms with Gasteiger partial charge in [-0.3, -0.25) is 0 Å². The van der Waals surface area contributed by atoms with E-state index in [-0.39, 0.29) is 11.5 Å². The number of hydrogen-bond donors (Lipinski definition) is 1. The fourth-order valence-corrected chi connectivity index (χ4v) is 1.31. The second-order valence-electron chi connectivity index (χ2n) is 1.97. The molecule has 0 rings (SSSR count). The van der Waals surface area contributed by atoms with Gasteiger partial charge in [0.25, 0.3) is 0 Å². The van der Waals surface area contributed by atoms with Crippen LogP contribution >= 0.6 is 0 Å². The molecule has 0 saturated heterocycles. The number of rotatable bonds is 4. The molecular weight excluding hydrogens is 154 g/mol. The molecule has 0 heterocycles. The van der Waals surface area contributed by atoms with Crippen LogP contribution in [0.15, 0.2) is 0 Å². The molecule has 1 atom stereocenters. The maximum Gasteiger partial charge on any atom is 0.153 e. The monoisotopic (exact) mass is 167 g/mol. The Balaban J connectivity index is 3.90. The Bertz CT molecular complexity index is 175. The summed E-state index contributed by atoms with van der Waals surface area (Å²) < 4.78 is 26.2. The third-order valence-electron chi connectivity index (χ3n) is 1.16. The minimum Gasteiger partial charge on any atom is -0.366 e. The van der Waals surface area contributed by atoms with Gasteiger partial charge in [0, 0.05) is 12.9 Å². The van der Waals surface area contributed by atoms with Crippen LogP contribution in [0.25, 0.3) is 0 Å². The lowest BCUT2D eigenvalue weighted by Gasteiger charge is -2.07. The fraction of sp³-hybridized carbons (Fsp3) is 1.00. The first-order chi connectivity index (χ1) is 4.52. The van der Waals surface area contributed by atoms with Crippen molar-refractivity contribution in [2.24, 2.45) is 5.73 Å². The van der Waals surface area contributed by atoms with E-state index in [0.717, 1.165) is 0 Å². The van der Waals surface area contributed by atoms with E-state index >= 15 is 0 Å². The smallest absolute Gasteiger partial charge is 0.153 e. The third kappa shape index (κ3) is 3.81. The highest BCUT2D eigenvalue weighted by atomic mass is 32.2. The zero-order chi connectivity index (χ0) is 8.20. The van der Waals surface area contributed by atoms with Crippen molar-refractivity contribution < 1.29 is 13.2 Å². The Morgan fingerprint density at radius 3 is 2.40 bits per heavy atom. The maximum absolute atomic E-state index is 10.8. The van der Waals surface area contributed by atoms with Gasteiger partial charge in [-0.2, -0.15) is 0 Å². The van der Waals surface area contributed by atoms with Crippen molar-refractivity contribution in [3.8, 4) is 0 Å². The van der Waals surface area contributed by atoms with Crippen LogP contribution in [0.3, 0.4) is 0 Å². The summed E-state index contributed by atoms with van der Waals surface area (Å²) >= 11 is 0. The van der Waals surface area contributed by atoms with Gasteiger partial charge >= 0.3 is 0 Å². The molecule has 0 aromatic rings. The highest BCUT2D eigenvalue weighted by molar-refractivity contribution is 7.91. The summed E-state index contributed by atoms with van der Waals surface area (Å²) in [5.41, 5.74) is 5.23. The van der Waals surface area contributed by atoms with Crippen LogP contribution in [-0.2, 0) is 14.6 Å². The second kappa shape index (κ2) is 3.90. The van der Waals surface area contributed by atoms with Crippen molar-refractivity contribution in [1.82, 2.24) is 0 Å². The van der Waals surface area contributed by atoms with E-state index in [2.05, 4.69) is 4.74 Å². The summed E-state index contributed by atoms with van der Waals surface area (Å²) in [7, 11) is -1.60. The third-order valence-corrected chi connectivity index (χ3v) is 2.88. The lowest BCUT2D eigenvalue weighted by atomic mass is 10.7. The van der Waals surface area contributed by atoms with Gasteiger partial charge in [-0.1, -0.05) is 6.92 Å². The lowest BCUT2D eigenvalue weighted by Crippen LogP contribution is -2.31. The SMILES string of the molecule is CCS(=O)(=O)CC(N)OC. The van der Waals surface area contributed by atoms with E-state index in [1.54, 1.807) is 6.92 Å². The van der Waals surface area contributed by atoms with Crippen LogP contribution in [-0.4, -0.2) is 33.3 Å². The molecule has 1 unspecified atom stereocenters. The van der Waals surface area contributed by atoms with Gasteiger partial charge in [0.1, 0.15) is 6.23 Å². The lowest BCUT2D eigenvalue weighted by molar-refractivity contribution is 0.126. The summed E-state index contributed by atoms with van der Waals surface area (Å²) in [6, 6.07) is 0. The highest BCUT2D eigenvalue weighted by Crippen LogP contribution is 1.92. The average molecular weight is 167 g/mol. The van der Waals surface area contributed by atoms with Crippen LogP contribution in [0.4, 0.5) is 0 Å². The first kappa shape index (κ1) is 9.87. The molecule has 0 spiro atoms. The molecule has 0 amide bonds. The number of hydrogen-bond acceptors (Lipinski definition) is 4. The van der Waals surface area contributed by atoms with Crippen LogP contribution in [0.2, 0.25) is 0 Å². The molecule has 0 aliphatic carbocycles. The number of nitrogens with two attached hydrogens (primary N) is 1. The summed E-state index contributed by atoms with van der Waals surface area (Å²) in [6.45, 7) is 1.58. The maximum atomic E-state index is 10.8. The first-order valence-corrected chi connectivity index (χ1v) is 4.82. The Hall–Kier alpha value is -0.130. The van der Waals surface area contributed by atoms with Crippen molar-refractivity contribution in [1.29, 1.82) is 0 Å². The molecule has 0 fully saturated rings. The zero-order valence-corrected chi connectivity index (χ0v) is 7.02. The molecule has 4 nitrogen and oxygen atoms in total. The normalized spacial score (nSPS) is 15.1. The van der Waals surface area contributed by atoms with E-state index in [0.29, 0.717) is 0 Å². The van der Waals surface area contributed by atoms with Gasteiger partial charge < -0.3 is 10.5 Å². The van der Waals surface area contributed by atoms with Crippen molar-refractivity contribution in [2.75, 3.05) is 18.6 Å². The van der Waals surface area contributed by atoms with Gasteiger partial charge in [-0.05, 0) is 0 Å². The molecule has 2 N–H and O–H groups in total. The second-order valence-corrected chi connectivity index (χ2v) is 4.37. The Labute approximate surface area is 61.3 Å². The fourth-order valence-electron chi connectivity index (χ4n) is 0.436. The van der Waals surface area contributed by atoms with E-state index in [1.807, 2.05) is 0 Å². The minimum absolute atomic E-state index is 0.0972. The molecule has 5 heteroatoms. The van der Waals surface area contributed by atoms with Crippen molar-refractivity contribution in [3.63, 3.8) is 0 Å². The summed E-state index contributed by atoms with van der Waals surface area (Å²) in [5.74, 6) is 0.0179. The number of methoxy groups -OCH3 is 1.